The van der Waals surface area contributed by atoms with Crippen molar-refractivity contribution in [3.8, 4) is 11.5 Å². The molecule has 0 radical (unpaired) electrons. The smallest absolute Gasteiger partial charge is 0.312 e. The number of hydrogen-bond donors (Lipinski definition) is 2. The van der Waals surface area contributed by atoms with Crippen LogP contribution in [0.5, 0.6) is 11.5 Å². The number of esters is 1. The summed E-state index contributed by atoms with van der Waals surface area (Å²) in [5.41, 5.74) is 6.53. The second kappa shape index (κ2) is 6.19. The van der Waals surface area contributed by atoms with E-state index in [1.54, 1.807) is 37.3 Å². The van der Waals surface area contributed by atoms with E-state index < -0.39 is 17.8 Å². The van der Waals surface area contributed by atoms with Crippen molar-refractivity contribution in [1.29, 1.82) is 0 Å². The van der Waals surface area contributed by atoms with Gasteiger partial charge in [-0.3, -0.25) is 14.4 Å². The van der Waals surface area contributed by atoms with Gasteiger partial charge in [0, 0.05) is 17.7 Å². The monoisotopic (exact) mass is 328 g/mol. The summed E-state index contributed by atoms with van der Waals surface area (Å²) in [4.78, 5) is 37.8. The summed E-state index contributed by atoms with van der Waals surface area (Å²) in [5.74, 6) is -0.709. The molecule has 0 saturated carbocycles. The molecule has 2 aromatic rings. The molecule has 0 saturated heterocycles. The van der Waals surface area contributed by atoms with Gasteiger partial charge in [0.2, 0.25) is 0 Å². The number of aromatic nitrogens is 1. The number of amides is 1. The second-order valence-corrected chi connectivity index (χ2v) is 5.62. The van der Waals surface area contributed by atoms with Crippen LogP contribution in [0.25, 0.3) is 0 Å². The molecule has 3 N–H and O–H groups in total. The van der Waals surface area contributed by atoms with Crippen LogP contribution >= 0.6 is 0 Å². The van der Waals surface area contributed by atoms with Gasteiger partial charge in [-0.15, -0.1) is 0 Å². The minimum Gasteiger partial charge on any atom is -0.484 e. The number of aryl methyl sites for hydroxylation is 1. The topological polar surface area (TPSA) is 111 Å². The molecule has 1 aromatic carbocycles. The van der Waals surface area contributed by atoms with Crippen LogP contribution in [0.15, 0.2) is 35.1 Å². The highest BCUT2D eigenvalue weighted by Crippen LogP contribution is 2.37. The summed E-state index contributed by atoms with van der Waals surface area (Å²) >= 11 is 0. The molecule has 0 unspecified atom stereocenters. The van der Waals surface area contributed by atoms with E-state index in [0.717, 1.165) is 5.56 Å². The number of nitrogens with one attached hydrogen (secondary N) is 1. The third kappa shape index (κ3) is 3.15. The van der Waals surface area contributed by atoms with Crippen LogP contribution in [0.3, 0.4) is 0 Å². The second-order valence-electron chi connectivity index (χ2n) is 5.62. The zero-order valence-corrected chi connectivity index (χ0v) is 13.0. The Morgan fingerprint density at radius 2 is 2.17 bits per heavy atom. The third-order valence-electron chi connectivity index (χ3n) is 3.75. The lowest BCUT2D eigenvalue weighted by Gasteiger charge is -2.24. The van der Waals surface area contributed by atoms with Gasteiger partial charge in [-0.1, -0.05) is 12.1 Å². The molecule has 0 fully saturated rings. The van der Waals surface area contributed by atoms with Crippen LogP contribution in [0.4, 0.5) is 0 Å². The highest BCUT2D eigenvalue weighted by molar-refractivity contribution is 5.77. The van der Waals surface area contributed by atoms with Crippen molar-refractivity contribution in [2.45, 2.75) is 19.3 Å². The predicted octanol–water partition coefficient (Wildman–Crippen LogP) is 0.988. The number of hydrogen-bond acceptors (Lipinski definition) is 5. The maximum atomic E-state index is 12.3. The normalized spacial score (nSPS) is 16.2. The average molecular weight is 328 g/mol. The van der Waals surface area contributed by atoms with E-state index >= 15 is 0 Å². The number of fused-ring (bicyclic) bond motifs is 1. The Hall–Kier alpha value is -3.09. The number of H-pyrrole nitrogens is 1. The lowest BCUT2D eigenvalue weighted by molar-refractivity contribution is -0.135. The van der Waals surface area contributed by atoms with Crippen LogP contribution < -0.4 is 20.8 Å². The molecule has 1 amide bonds. The van der Waals surface area contributed by atoms with Crippen LogP contribution in [0, 0.1) is 6.92 Å². The van der Waals surface area contributed by atoms with Crippen molar-refractivity contribution >= 4 is 11.9 Å². The molecule has 0 aliphatic carbocycles. The zero-order valence-electron chi connectivity index (χ0n) is 13.0. The molecule has 1 atom stereocenters. The molecule has 3 rings (SSSR count). The first kappa shape index (κ1) is 15.8. The Bertz CT molecular complexity index is 872. The Labute approximate surface area is 137 Å². The lowest BCUT2D eigenvalue weighted by atomic mass is 9.87. The van der Waals surface area contributed by atoms with Gasteiger partial charge in [-0.2, -0.15) is 0 Å². The Morgan fingerprint density at radius 1 is 1.38 bits per heavy atom. The van der Waals surface area contributed by atoms with E-state index in [2.05, 4.69) is 4.98 Å². The van der Waals surface area contributed by atoms with E-state index in [0.29, 0.717) is 17.0 Å². The largest absolute Gasteiger partial charge is 0.484 e. The van der Waals surface area contributed by atoms with Crippen molar-refractivity contribution in [1.82, 2.24) is 4.98 Å². The molecule has 0 bridgehead atoms. The molecule has 124 valence electrons. The molecule has 0 spiro atoms. The lowest BCUT2D eigenvalue weighted by Crippen LogP contribution is -2.28. The number of carbonyl (C=O) groups is 2. The van der Waals surface area contributed by atoms with Crippen LogP contribution in [0.2, 0.25) is 0 Å². The van der Waals surface area contributed by atoms with Crippen LogP contribution in [-0.4, -0.2) is 23.5 Å². The molecule has 1 aliphatic heterocycles. The maximum absolute atomic E-state index is 12.3. The highest BCUT2D eigenvalue weighted by Gasteiger charge is 2.31. The number of carbonyl (C=O) groups excluding carboxylic acids is 2. The summed E-state index contributed by atoms with van der Waals surface area (Å²) in [6.07, 6.45) is 0.0540. The first-order valence-electron chi connectivity index (χ1n) is 7.39. The van der Waals surface area contributed by atoms with Gasteiger partial charge in [0.1, 0.15) is 11.5 Å². The van der Waals surface area contributed by atoms with Crippen molar-refractivity contribution in [2.75, 3.05) is 6.61 Å². The number of primary amides is 1. The number of ether oxygens (including phenoxy) is 2. The quantitative estimate of drug-likeness (QED) is 0.813. The summed E-state index contributed by atoms with van der Waals surface area (Å²) < 4.78 is 10.5. The van der Waals surface area contributed by atoms with E-state index in [4.69, 9.17) is 15.2 Å². The summed E-state index contributed by atoms with van der Waals surface area (Å²) in [7, 11) is 0. The Kier molecular flexibility index (Phi) is 4.07. The summed E-state index contributed by atoms with van der Waals surface area (Å²) in [5, 5.41) is 0. The molecule has 1 aromatic heterocycles. The molecule has 7 nitrogen and oxygen atoms in total. The fourth-order valence-electron chi connectivity index (χ4n) is 2.78. The summed E-state index contributed by atoms with van der Waals surface area (Å²) in [6, 6.07) is 8.52. The van der Waals surface area contributed by atoms with Gasteiger partial charge in [0.05, 0.1) is 12.0 Å². The van der Waals surface area contributed by atoms with Gasteiger partial charge in [0.25, 0.3) is 11.5 Å². The van der Waals surface area contributed by atoms with Gasteiger partial charge in [-0.05, 0) is 24.6 Å². The average Bonchev–Trinajstić information content (AvgIpc) is 2.51. The molecule has 7 heteroatoms. The van der Waals surface area contributed by atoms with Gasteiger partial charge < -0.3 is 20.2 Å². The van der Waals surface area contributed by atoms with Crippen molar-refractivity contribution in [3.05, 3.63) is 57.5 Å². The van der Waals surface area contributed by atoms with Crippen molar-refractivity contribution in [3.63, 3.8) is 0 Å². The fourth-order valence-corrected chi connectivity index (χ4v) is 2.78. The predicted molar refractivity (Wildman–Crippen MR) is 85.0 cm³/mol. The van der Waals surface area contributed by atoms with Crippen molar-refractivity contribution in [2.24, 2.45) is 5.73 Å². The van der Waals surface area contributed by atoms with Crippen LogP contribution in [0.1, 0.15) is 29.2 Å². The number of nitrogens with two attached hydrogens (primary N) is 1. The maximum Gasteiger partial charge on any atom is 0.312 e. The number of rotatable bonds is 4. The van der Waals surface area contributed by atoms with Crippen LogP contribution in [-0.2, 0) is 9.59 Å². The Balaban J connectivity index is 2.02. The number of pyridine rings is 1. The SMILES string of the molecule is Cc1cc2c(c(=O)[nH]1)[C@H](c1cccc(OCC(N)=O)c1)CC(=O)O2. The van der Waals surface area contributed by atoms with E-state index in [1.165, 1.54) is 0 Å². The first-order chi connectivity index (χ1) is 11.4. The molecular formula is C17H16N2O5. The van der Waals surface area contributed by atoms with Gasteiger partial charge in [-0.25, -0.2) is 0 Å². The van der Waals surface area contributed by atoms with Gasteiger partial charge in [0.15, 0.2) is 6.61 Å². The summed E-state index contributed by atoms with van der Waals surface area (Å²) in [6.45, 7) is 1.48. The first-order valence-corrected chi connectivity index (χ1v) is 7.39. The van der Waals surface area contributed by atoms with Crippen molar-refractivity contribution < 1.29 is 19.1 Å². The highest BCUT2D eigenvalue weighted by atomic mass is 16.5. The van der Waals surface area contributed by atoms with E-state index in [-0.39, 0.29) is 24.3 Å². The van der Waals surface area contributed by atoms with E-state index in [1.807, 2.05) is 0 Å². The fraction of sp³-hybridized carbons (Fsp3) is 0.235. The van der Waals surface area contributed by atoms with Gasteiger partial charge >= 0.3 is 5.97 Å². The third-order valence-corrected chi connectivity index (χ3v) is 3.75. The standard InChI is InChI=1S/C17H16N2O5/c1-9-5-13-16(17(22)19-9)12(7-15(21)24-13)10-3-2-4-11(6-10)23-8-14(18)20/h2-6,12H,7-8H2,1H3,(H2,18,20)(H,19,22)/t12-/m0/s1. The van der Waals surface area contributed by atoms with E-state index in [9.17, 15) is 14.4 Å². The number of aromatic amines is 1. The molecule has 2 heterocycles. The Morgan fingerprint density at radius 3 is 2.92 bits per heavy atom. The molecule has 1 aliphatic rings. The minimum atomic E-state index is -0.584. The molecule has 24 heavy (non-hydrogen) atoms. The minimum absolute atomic E-state index is 0.0540. The molecular weight excluding hydrogens is 312 g/mol. The zero-order chi connectivity index (χ0) is 17.3. The number of benzene rings is 1.